The Morgan fingerprint density at radius 1 is 0.861 bits per heavy atom. The van der Waals surface area contributed by atoms with Crippen LogP contribution in [0.3, 0.4) is 0 Å². The molecule has 0 aromatic rings. The van der Waals surface area contributed by atoms with Crippen LogP contribution in [0.2, 0.25) is 0 Å². The SMILES string of the molecule is CC(=O)OC[C@H](COP(=O)([O-])OCCNC(=O)COCCOCCNC(=O)CSC(C)C)OC(C)=O. The van der Waals surface area contributed by atoms with E-state index >= 15 is 0 Å². The average Bonchev–Trinajstić information content (AvgIpc) is 2.78. The van der Waals surface area contributed by atoms with E-state index in [4.69, 9.17) is 14.2 Å². The molecule has 0 saturated carbocycles. The zero-order valence-corrected chi connectivity index (χ0v) is 22.7. The summed E-state index contributed by atoms with van der Waals surface area (Å²) in [5.74, 6) is -1.51. The van der Waals surface area contributed by atoms with Crippen molar-refractivity contribution < 1.29 is 56.6 Å². The van der Waals surface area contributed by atoms with Crippen LogP contribution < -0.4 is 15.5 Å². The predicted molar refractivity (Wildman–Crippen MR) is 127 cm³/mol. The van der Waals surface area contributed by atoms with Crippen LogP contribution in [-0.2, 0) is 51.7 Å². The summed E-state index contributed by atoms with van der Waals surface area (Å²) >= 11 is 1.55. The topological polar surface area (TPSA) is 188 Å². The second-order valence-electron chi connectivity index (χ2n) is 7.33. The predicted octanol–water partition coefficient (Wildman–Crippen LogP) is -0.610. The summed E-state index contributed by atoms with van der Waals surface area (Å²) in [5.41, 5.74) is 0. The van der Waals surface area contributed by atoms with Crippen molar-refractivity contribution in [1.29, 1.82) is 0 Å². The maximum absolute atomic E-state index is 11.8. The molecule has 0 aliphatic heterocycles. The average molecular weight is 560 g/mol. The minimum atomic E-state index is -4.76. The molecule has 0 heterocycles. The summed E-state index contributed by atoms with van der Waals surface area (Å²) in [4.78, 5) is 56.9. The lowest BCUT2D eigenvalue weighted by Gasteiger charge is -2.25. The van der Waals surface area contributed by atoms with Crippen LogP contribution in [0.4, 0.5) is 0 Å². The Balaban J connectivity index is 3.84. The smallest absolute Gasteiger partial charge is 0.303 e. The van der Waals surface area contributed by atoms with Crippen molar-refractivity contribution in [3.05, 3.63) is 0 Å². The first kappa shape index (κ1) is 34.3. The quantitative estimate of drug-likeness (QED) is 0.103. The third-order valence-corrected chi connectivity index (χ3v) is 5.68. The first-order valence-electron chi connectivity index (χ1n) is 11.1. The third-order valence-electron chi connectivity index (χ3n) is 3.62. The molecule has 0 radical (unpaired) electrons. The van der Waals surface area contributed by atoms with Crippen LogP contribution in [-0.4, -0.2) is 100 Å². The van der Waals surface area contributed by atoms with Gasteiger partial charge in [0.05, 0.1) is 38.8 Å². The summed E-state index contributed by atoms with van der Waals surface area (Å²) < 4.78 is 40.9. The molecule has 2 amide bonds. The molecule has 14 nitrogen and oxygen atoms in total. The lowest BCUT2D eigenvalue weighted by atomic mass is 10.4. The highest BCUT2D eigenvalue weighted by Gasteiger charge is 2.19. The highest BCUT2D eigenvalue weighted by atomic mass is 32.2. The number of ether oxygens (including phenoxy) is 4. The van der Waals surface area contributed by atoms with E-state index in [0.717, 1.165) is 13.8 Å². The Bertz CT molecular complexity index is 725. The molecule has 0 saturated heterocycles. The van der Waals surface area contributed by atoms with Crippen molar-refractivity contribution >= 4 is 43.3 Å². The number of phosphoric acid groups is 1. The largest absolute Gasteiger partial charge is 0.756 e. The number of rotatable bonds is 21. The first-order chi connectivity index (χ1) is 16.9. The van der Waals surface area contributed by atoms with E-state index in [-0.39, 0.29) is 38.9 Å². The monoisotopic (exact) mass is 559 g/mol. The summed E-state index contributed by atoms with van der Waals surface area (Å²) in [5, 5.41) is 5.51. The van der Waals surface area contributed by atoms with Gasteiger partial charge in [0.15, 0.2) is 6.10 Å². The summed E-state index contributed by atoms with van der Waals surface area (Å²) in [6.45, 7) is 5.54. The fraction of sp³-hybridized carbons (Fsp3) is 0.800. The van der Waals surface area contributed by atoms with Crippen LogP contribution >= 0.6 is 19.6 Å². The number of thioether (sulfide) groups is 1. The van der Waals surface area contributed by atoms with Gasteiger partial charge in [0, 0.05) is 26.9 Å². The van der Waals surface area contributed by atoms with Gasteiger partial charge in [-0.1, -0.05) is 13.8 Å². The molecule has 0 aliphatic carbocycles. The summed E-state index contributed by atoms with van der Waals surface area (Å²) in [7, 11) is -4.76. The zero-order chi connectivity index (χ0) is 27.4. The number of phosphoric ester groups is 1. The maximum Gasteiger partial charge on any atom is 0.303 e. The van der Waals surface area contributed by atoms with Gasteiger partial charge in [-0.25, -0.2) is 0 Å². The van der Waals surface area contributed by atoms with Crippen molar-refractivity contribution in [2.75, 3.05) is 65.1 Å². The first-order valence-corrected chi connectivity index (χ1v) is 13.6. The normalized spacial score (nSPS) is 13.5. The molecule has 1 unspecified atom stereocenters. The van der Waals surface area contributed by atoms with Crippen molar-refractivity contribution in [2.45, 2.75) is 39.0 Å². The van der Waals surface area contributed by atoms with E-state index in [2.05, 4.69) is 24.4 Å². The molecule has 16 heteroatoms. The Morgan fingerprint density at radius 2 is 1.50 bits per heavy atom. The van der Waals surface area contributed by atoms with E-state index in [0.29, 0.717) is 24.2 Å². The van der Waals surface area contributed by atoms with Crippen LogP contribution in [0.5, 0.6) is 0 Å². The van der Waals surface area contributed by atoms with Crippen LogP contribution in [0, 0.1) is 0 Å². The molecule has 0 aliphatic rings. The van der Waals surface area contributed by atoms with Gasteiger partial charge in [0.2, 0.25) is 11.8 Å². The Labute approximate surface area is 215 Å². The zero-order valence-electron chi connectivity index (χ0n) is 21.0. The second kappa shape index (κ2) is 20.3. The van der Waals surface area contributed by atoms with Gasteiger partial charge in [0.1, 0.15) is 13.2 Å². The highest BCUT2D eigenvalue weighted by Crippen LogP contribution is 2.38. The number of carbonyl (C=O) groups excluding carboxylic acids is 4. The van der Waals surface area contributed by atoms with E-state index in [1.807, 2.05) is 13.8 Å². The van der Waals surface area contributed by atoms with Crippen molar-refractivity contribution in [3.8, 4) is 0 Å². The van der Waals surface area contributed by atoms with Gasteiger partial charge in [-0.05, 0) is 5.25 Å². The Kier molecular flexibility index (Phi) is 19.3. The molecule has 0 rings (SSSR count). The number of hydrogen-bond acceptors (Lipinski definition) is 13. The number of amides is 2. The fourth-order valence-electron chi connectivity index (χ4n) is 2.11. The minimum Gasteiger partial charge on any atom is -0.756 e. The van der Waals surface area contributed by atoms with E-state index in [1.165, 1.54) is 0 Å². The van der Waals surface area contributed by atoms with Crippen LogP contribution in [0.15, 0.2) is 0 Å². The van der Waals surface area contributed by atoms with Crippen molar-refractivity contribution in [1.82, 2.24) is 10.6 Å². The molecule has 2 atom stereocenters. The number of nitrogens with one attached hydrogen (secondary N) is 2. The van der Waals surface area contributed by atoms with Gasteiger partial charge in [-0.15, -0.1) is 11.8 Å². The van der Waals surface area contributed by atoms with E-state index in [1.54, 1.807) is 11.8 Å². The van der Waals surface area contributed by atoms with E-state index < -0.39 is 45.0 Å². The molecule has 36 heavy (non-hydrogen) atoms. The lowest BCUT2D eigenvalue weighted by Crippen LogP contribution is -2.32. The molecule has 0 aromatic carbocycles. The van der Waals surface area contributed by atoms with E-state index in [9.17, 15) is 28.6 Å². The maximum atomic E-state index is 11.8. The molecule has 0 fully saturated rings. The van der Waals surface area contributed by atoms with Gasteiger partial charge >= 0.3 is 11.9 Å². The van der Waals surface area contributed by atoms with Gasteiger partial charge in [-0.2, -0.15) is 0 Å². The fourth-order valence-corrected chi connectivity index (χ4v) is 3.44. The van der Waals surface area contributed by atoms with Crippen molar-refractivity contribution in [2.24, 2.45) is 0 Å². The molecule has 0 aromatic heterocycles. The number of esters is 2. The second-order valence-corrected chi connectivity index (χ2v) is 10.3. The van der Waals surface area contributed by atoms with Gasteiger partial charge < -0.3 is 43.5 Å². The standard InChI is InChI=1S/C20H37N2O12PS/c1-15(2)36-14-20(26)22-5-7-29-9-10-30-13-19(25)21-6-8-32-35(27,28)33-12-18(34-17(4)24)11-31-16(3)23/h15,18H,5-14H2,1-4H3,(H,21,25)(H,22,26)(H,27,28)/p-1/t18-/m1/s1. The Hall–Kier alpha value is -1.74. The molecule has 0 bridgehead atoms. The molecule has 2 N–H and O–H groups in total. The van der Waals surface area contributed by atoms with Crippen LogP contribution in [0.1, 0.15) is 27.7 Å². The van der Waals surface area contributed by atoms with Crippen LogP contribution in [0.25, 0.3) is 0 Å². The molecular formula is C20H36N2O12PS-. The van der Waals surface area contributed by atoms with Crippen molar-refractivity contribution in [3.63, 3.8) is 0 Å². The third kappa shape index (κ3) is 22.7. The lowest BCUT2D eigenvalue weighted by molar-refractivity contribution is -0.228. The Morgan fingerprint density at radius 3 is 2.14 bits per heavy atom. The minimum absolute atomic E-state index is 0.0560. The molecule has 210 valence electrons. The summed E-state index contributed by atoms with van der Waals surface area (Å²) in [6.07, 6.45) is -1.13. The van der Waals surface area contributed by atoms with Gasteiger partial charge in [0.25, 0.3) is 7.82 Å². The molecular weight excluding hydrogens is 523 g/mol. The number of carbonyl (C=O) groups is 4. The van der Waals surface area contributed by atoms with Gasteiger partial charge in [-0.3, -0.25) is 23.7 Å². The molecule has 0 spiro atoms. The highest BCUT2D eigenvalue weighted by molar-refractivity contribution is 8.00. The summed E-state index contributed by atoms with van der Waals surface area (Å²) in [6, 6.07) is 0. The number of hydrogen-bond donors (Lipinski definition) is 2.